The molecule has 4 aromatic rings. The van der Waals surface area contributed by atoms with E-state index in [-0.39, 0.29) is 5.82 Å². The Morgan fingerprint density at radius 2 is 1.75 bits per heavy atom. The Labute approximate surface area is 213 Å². The third-order valence-electron chi connectivity index (χ3n) is 5.82. The number of aromatic nitrogens is 5. The molecule has 0 amide bonds. The monoisotopic (exact) mass is 502 g/mol. The summed E-state index contributed by atoms with van der Waals surface area (Å²) in [5.74, 6) is 1.63. The first-order valence-corrected chi connectivity index (χ1v) is 12.7. The number of nitrogens with one attached hydrogen (secondary N) is 1. The van der Waals surface area contributed by atoms with Crippen LogP contribution < -0.4 is 15.1 Å². The molecule has 1 aromatic carbocycles. The van der Waals surface area contributed by atoms with E-state index in [9.17, 15) is 4.39 Å². The summed E-state index contributed by atoms with van der Waals surface area (Å²) in [5.41, 5.74) is 1.89. The lowest BCUT2D eigenvalue weighted by Crippen LogP contribution is -2.47. The summed E-state index contributed by atoms with van der Waals surface area (Å²) in [6.45, 7) is 7.51. The van der Waals surface area contributed by atoms with Crippen LogP contribution in [-0.4, -0.2) is 51.1 Å². The molecule has 5 rings (SSSR count). The fourth-order valence-electron chi connectivity index (χ4n) is 3.86. The molecular formula is C26H27FN8S. The van der Waals surface area contributed by atoms with Crippen LogP contribution in [0, 0.1) is 5.82 Å². The van der Waals surface area contributed by atoms with Crippen LogP contribution in [0.3, 0.4) is 0 Å². The van der Waals surface area contributed by atoms with Gasteiger partial charge in [-0.05, 0) is 41.8 Å². The molecule has 3 aromatic heterocycles. The molecule has 0 bridgehead atoms. The van der Waals surface area contributed by atoms with Crippen LogP contribution in [0.5, 0.6) is 0 Å². The molecule has 0 radical (unpaired) electrons. The average molecular weight is 503 g/mol. The first kappa shape index (κ1) is 23.8. The van der Waals surface area contributed by atoms with Gasteiger partial charge in [0.05, 0.1) is 0 Å². The van der Waals surface area contributed by atoms with Gasteiger partial charge >= 0.3 is 0 Å². The van der Waals surface area contributed by atoms with Gasteiger partial charge in [-0.2, -0.15) is 15.0 Å². The first-order chi connectivity index (χ1) is 17.5. The number of benzene rings is 1. The molecule has 0 spiro atoms. The van der Waals surface area contributed by atoms with Crippen LogP contribution in [0.2, 0.25) is 0 Å². The number of rotatable bonds is 7. The molecule has 1 aliphatic heterocycles. The molecule has 10 heteroatoms. The molecule has 184 valence electrons. The molecule has 0 atom stereocenters. The summed E-state index contributed by atoms with van der Waals surface area (Å²) >= 11 is 1.59. The summed E-state index contributed by atoms with van der Waals surface area (Å²) in [4.78, 5) is 28.3. The van der Waals surface area contributed by atoms with Crippen LogP contribution in [0.4, 0.5) is 27.1 Å². The highest BCUT2D eigenvalue weighted by Gasteiger charge is 2.21. The van der Waals surface area contributed by atoms with E-state index in [1.54, 1.807) is 29.6 Å². The summed E-state index contributed by atoms with van der Waals surface area (Å²) in [5, 5.41) is 3.98. The predicted molar refractivity (Wildman–Crippen MR) is 143 cm³/mol. The average Bonchev–Trinajstić information content (AvgIpc) is 3.37. The second-order valence-corrected chi connectivity index (χ2v) is 9.79. The lowest BCUT2D eigenvalue weighted by molar-refractivity contribution is 0.627. The van der Waals surface area contributed by atoms with Crippen molar-refractivity contribution in [3.63, 3.8) is 0 Å². The maximum atomic E-state index is 13.6. The zero-order valence-electron chi connectivity index (χ0n) is 20.2. The zero-order valence-corrected chi connectivity index (χ0v) is 21.0. The maximum Gasteiger partial charge on any atom is 0.234 e. The van der Waals surface area contributed by atoms with Gasteiger partial charge in [0.1, 0.15) is 5.82 Å². The van der Waals surface area contributed by atoms with Crippen molar-refractivity contribution in [1.82, 2.24) is 24.9 Å². The van der Waals surface area contributed by atoms with E-state index in [1.807, 2.05) is 36.8 Å². The van der Waals surface area contributed by atoms with Gasteiger partial charge in [-0.1, -0.05) is 32.1 Å². The number of piperazine rings is 1. The molecule has 1 fully saturated rings. The Balaban J connectivity index is 1.39. The fourth-order valence-corrected chi connectivity index (χ4v) is 4.67. The number of anilines is 4. The van der Waals surface area contributed by atoms with E-state index in [0.29, 0.717) is 23.6 Å². The molecule has 1 saturated heterocycles. The van der Waals surface area contributed by atoms with Crippen LogP contribution in [0.25, 0.3) is 12.2 Å². The normalized spacial score (nSPS) is 14.1. The largest absolute Gasteiger partial charge is 0.368 e. The molecule has 36 heavy (non-hydrogen) atoms. The SMILES string of the molecule is CC(C)c1cnc(Nc2nc(C=Cc3cccc(F)c3)nc(N3CCN(c4ccncc4)CC3)n2)s1. The van der Waals surface area contributed by atoms with E-state index in [2.05, 4.69) is 43.9 Å². The van der Waals surface area contributed by atoms with Gasteiger partial charge in [0, 0.05) is 55.3 Å². The number of hydrogen-bond donors (Lipinski definition) is 1. The minimum atomic E-state index is -0.285. The minimum Gasteiger partial charge on any atom is -0.368 e. The predicted octanol–water partition coefficient (Wildman–Crippen LogP) is 5.23. The molecule has 1 N–H and O–H groups in total. The standard InChI is InChI=1S/C26H27FN8S/c1-18(2)22-17-29-26(36-22)33-24-30-23(7-6-19-4-3-5-20(27)16-19)31-25(32-24)35-14-12-34(13-15-35)21-8-10-28-11-9-21/h3-11,16-18H,12-15H2,1-2H3,(H,29,30,31,32,33). The third kappa shape index (κ3) is 5.83. The van der Waals surface area contributed by atoms with E-state index in [4.69, 9.17) is 9.97 Å². The highest BCUT2D eigenvalue weighted by molar-refractivity contribution is 7.15. The van der Waals surface area contributed by atoms with Crippen LogP contribution >= 0.6 is 11.3 Å². The number of pyridine rings is 1. The Hall–Kier alpha value is -3.92. The first-order valence-electron chi connectivity index (χ1n) is 11.9. The Bertz CT molecular complexity index is 1330. The lowest BCUT2D eigenvalue weighted by atomic mass is 10.2. The fraction of sp³-hybridized carbons (Fsp3) is 0.269. The molecular weight excluding hydrogens is 475 g/mol. The van der Waals surface area contributed by atoms with Gasteiger partial charge < -0.3 is 9.80 Å². The zero-order chi connectivity index (χ0) is 24.9. The van der Waals surface area contributed by atoms with E-state index in [1.165, 1.54) is 17.0 Å². The molecule has 1 aliphatic rings. The number of halogens is 1. The Kier molecular flexibility index (Phi) is 7.13. The van der Waals surface area contributed by atoms with Crippen molar-refractivity contribution >= 4 is 46.2 Å². The number of thiazole rings is 1. The van der Waals surface area contributed by atoms with Gasteiger partial charge in [0.15, 0.2) is 11.0 Å². The number of hydrogen-bond acceptors (Lipinski definition) is 9. The van der Waals surface area contributed by atoms with Crippen LogP contribution in [-0.2, 0) is 0 Å². The Morgan fingerprint density at radius 3 is 2.47 bits per heavy atom. The highest BCUT2D eigenvalue weighted by atomic mass is 32.1. The van der Waals surface area contributed by atoms with Crippen molar-refractivity contribution in [3.8, 4) is 0 Å². The second-order valence-electron chi connectivity index (χ2n) is 8.73. The van der Waals surface area contributed by atoms with Crippen molar-refractivity contribution in [2.45, 2.75) is 19.8 Å². The highest BCUT2D eigenvalue weighted by Crippen LogP contribution is 2.27. The summed E-state index contributed by atoms with van der Waals surface area (Å²) in [6, 6.07) is 10.5. The van der Waals surface area contributed by atoms with Crippen molar-refractivity contribution < 1.29 is 4.39 Å². The van der Waals surface area contributed by atoms with Gasteiger partial charge in [-0.15, -0.1) is 11.3 Å². The van der Waals surface area contributed by atoms with Crippen molar-refractivity contribution in [1.29, 1.82) is 0 Å². The van der Waals surface area contributed by atoms with E-state index < -0.39 is 0 Å². The van der Waals surface area contributed by atoms with Crippen molar-refractivity contribution in [2.24, 2.45) is 0 Å². The molecule has 0 unspecified atom stereocenters. The van der Waals surface area contributed by atoms with Gasteiger partial charge in [-0.3, -0.25) is 10.3 Å². The van der Waals surface area contributed by atoms with Crippen LogP contribution in [0.15, 0.2) is 55.0 Å². The van der Waals surface area contributed by atoms with Gasteiger partial charge in [-0.25, -0.2) is 9.37 Å². The Morgan fingerprint density at radius 1 is 0.972 bits per heavy atom. The van der Waals surface area contributed by atoms with Gasteiger partial charge in [0.2, 0.25) is 11.9 Å². The lowest BCUT2D eigenvalue weighted by Gasteiger charge is -2.36. The minimum absolute atomic E-state index is 0.285. The second kappa shape index (κ2) is 10.8. The van der Waals surface area contributed by atoms with Crippen molar-refractivity contribution in [3.05, 3.63) is 77.1 Å². The molecule has 8 nitrogen and oxygen atoms in total. The smallest absolute Gasteiger partial charge is 0.234 e. The molecule has 4 heterocycles. The quantitative estimate of drug-likeness (QED) is 0.368. The molecule has 0 saturated carbocycles. The summed E-state index contributed by atoms with van der Waals surface area (Å²) in [6.07, 6.45) is 9.08. The maximum absolute atomic E-state index is 13.6. The van der Waals surface area contributed by atoms with E-state index in [0.717, 1.165) is 42.6 Å². The van der Waals surface area contributed by atoms with Gasteiger partial charge in [0.25, 0.3) is 0 Å². The van der Waals surface area contributed by atoms with E-state index >= 15 is 0 Å². The number of nitrogens with zero attached hydrogens (tertiary/aromatic N) is 7. The summed E-state index contributed by atoms with van der Waals surface area (Å²) < 4.78 is 13.6. The topological polar surface area (TPSA) is 83.0 Å². The summed E-state index contributed by atoms with van der Waals surface area (Å²) in [7, 11) is 0. The molecule has 0 aliphatic carbocycles. The third-order valence-corrected chi connectivity index (χ3v) is 7.03. The van der Waals surface area contributed by atoms with Crippen molar-refractivity contribution in [2.75, 3.05) is 41.3 Å². The van der Waals surface area contributed by atoms with Crippen LogP contribution in [0.1, 0.15) is 36.0 Å².